The summed E-state index contributed by atoms with van der Waals surface area (Å²) >= 11 is 0. The van der Waals surface area contributed by atoms with E-state index in [9.17, 15) is 14.4 Å². The zero-order valence-corrected chi connectivity index (χ0v) is 12.2. The molecule has 1 heterocycles. The molecular weight excluding hydrogens is 286 g/mol. The minimum Gasteiger partial charge on any atom is -0.481 e. The first-order valence-corrected chi connectivity index (χ1v) is 6.96. The first-order valence-electron chi connectivity index (χ1n) is 6.96. The van der Waals surface area contributed by atoms with E-state index >= 15 is 0 Å². The second-order valence-electron chi connectivity index (χ2n) is 4.94. The second-order valence-corrected chi connectivity index (χ2v) is 4.94. The summed E-state index contributed by atoms with van der Waals surface area (Å²) in [5, 5.41) is 11.6. The largest absolute Gasteiger partial charge is 0.481 e. The molecule has 1 amide bonds. The zero-order valence-electron chi connectivity index (χ0n) is 12.2. The number of nitrogens with one attached hydrogen (secondary N) is 1. The number of amides is 1. The molecule has 1 aromatic heterocycles. The molecule has 0 fully saturated rings. The Kier molecular flexibility index (Phi) is 4.88. The van der Waals surface area contributed by atoms with Gasteiger partial charge in [-0.3, -0.25) is 19.0 Å². The number of rotatable bonds is 6. The summed E-state index contributed by atoms with van der Waals surface area (Å²) in [6.07, 6.45) is 1.69. The van der Waals surface area contributed by atoms with Crippen molar-refractivity contribution >= 4 is 22.8 Å². The van der Waals surface area contributed by atoms with Crippen LogP contribution in [0.5, 0.6) is 0 Å². The molecule has 7 nitrogen and oxygen atoms in total. The molecule has 2 rings (SSSR count). The summed E-state index contributed by atoms with van der Waals surface area (Å²) in [5.74, 6) is -1.25. The fourth-order valence-electron chi connectivity index (χ4n) is 2.08. The van der Waals surface area contributed by atoms with Gasteiger partial charge >= 0.3 is 5.97 Å². The first-order chi connectivity index (χ1) is 10.5. The van der Waals surface area contributed by atoms with Crippen LogP contribution >= 0.6 is 0 Å². The van der Waals surface area contributed by atoms with Gasteiger partial charge in [-0.05, 0) is 25.5 Å². The lowest BCUT2D eigenvalue weighted by molar-refractivity contribution is -0.137. The monoisotopic (exact) mass is 303 g/mol. The Balaban J connectivity index is 2.10. The Bertz CT molecular complexity index is 754. The van der Waals surface area contributed by atoms with Crippen LogP contribution in [-0.2, 0) is 9.59 Å². The lowest BCUT2D eigenvalue weighted by Gasteiger charge is -2.15. The molecule has 1 aromatic carbocycles. The number of benzene rings is 1. The summed E-state index contributed by atoms with van der Waals surface area (Å²) in [7, 11) is 0. The van der Waals surface area contributed by atoms with Crippen LogP contribution in [0.3, 0.4) is 0 Å². The maximum Gasteiger partial charge on any atom is 0.303 e. The number of para-hydroxylation sites is 1. The van der Waals surface area contributed by atoms with E-state index < -0.39 is 12.0 Å². The second kappa shape index (κ2) is 6.84. The minimum atomic E-state index is -0.905. The lowest BCUT2D eigenvalue weighted by Crippen LogP contribution is -2.36. The first kappa shape index (κ1) is 15.7. The topological polar surface area (TPSA) is 101 Å². The molecule has 0 saturated carbocycles. The van der Waals surface area contributed by atoms with Crippen LogP contribution in [0.4, 0.5) is 0 Å². The van der Waals surface area contributed by atoms with Crippen molar-refractivity contribution in [2.45, 2.75) is 25.8 Å². The van der Waals surface area contributed by atoms with Crippen molar-refractivity contribution in [1.29, 1.82) is 0 Å². The quantitative estimate of drug-likeness (QED) is 0.773. The van der Waals surface area contributed by atoms with Crippen molar-refractivity contribution in [2.75, 3.05) is 6.54 Å². The Morgan fingerprint density at radius 1 is 1.36 bits per heavy atom. The van der Waals surface area contributed by atoms with E-state index in [0.717, 1.165) is 0 Å². The van der Waals surface area contributed by atoms with Crippen LogP contribution in [0.1, 0.15) is 25.8 Å². The summed E-state index contributed by atoms with van der Waals surface area (Å²) in [4.78, 5) is 39.0. The van der Waals surface area contributed by atoms with Gasteiger partial charge in [0.1, 0.15) is 6.04 Å². The van der Waals surface area contributed by atoms with E-state index in [-0.39, 0.29) is 24.4 Å². The molecule has 0 spiro atoms. The van der Waals surface area contributed by atoms with Gasteiger partial charge in [-0.15, -0.1) is 0 Å². The number of carbonyl (C=O) groups is 2. The molecule has 7 heteroatoms. The van der Waals surface area contributed by atoms with Crippen molar-refractivity contribution in [3.63, 3.8) is 0 Å². The summed E-state index contributed by atoms with van der Waals surface area (Å²) in [5.41, 5.74) is 0.302. The van der Waals surface area contributed by atoms with Crippen molar-refractivity contribution in [3.05, 3.63) is 40.9 Å². The number of aliphatic carboxylic acids is 1. The molecule has 0 unspecified atom stereocenters. The Morgan fingerprint density at radius 3 is 2.82 bits per heavy atom. The van der Waals surface area contributed by atoms with Crippen molar-refractivity contribution in [2.24, 2.45) is 0 Å². The van der Waals surface area contributed by atoms with Crippen LogP contribution in [0.25, 0.3) is 10.9 Å². The van der Waals surface area contributed by atoms with Gasteiger partial charge in [0.25, 0.3) is 5.56 Å². The lowest BCUT2D eigenvalue weighted by atomic mass is 10.2. The highest BCUT2D eigenvalue weighted by atomic mass is 16.4. The van der Waals surface area contributed by atoms with Crippen molar-refractivity contribution in [1.82, 2.24) is 14.9 Å². The molecule has 0 bridgehead atoms. The van der Waals surface area contributed by atoms with Gasteiger partial charge in [0.15, 0.2) is 0 Å². The number of hydrogen-bond acceptors (Lipinski definition) is 4. The van der Waals surface area contributed by atoms with E-state index in [1.54, 1.807) is 31.2 Å². The van der Waals surface area contributed by atoms with Gasteiger partial charge in [0.05, 0.1) is 17.2 Å². The summed E-state index contributed by atoms with van der Waals surface area (Å²) in [6.45, 7) is 1.86. The van der Waals surface area contributed by atoms with E-state index in [1.165, 1.54) is 10.9 Å². The highest BCUT2D eigenvalue weighted by Gasteiger charge is 2.17. The van der Waals surface area contributed by atoms with Crippen LogP contribution in [0.2, 0.25) is 0 Å². The number of carbonyl (C=O) groups excluding carboxylic acids is 1. The van der Waals surface area contributed by atoms with Crippen molar-refractivity contribution < 1.29 is 14.7 Å². The average Bonchev–Trinajstić information content (AvgIpc) is 2.51. The van der Waals surface area contributed by atoms with Crippen LogP contribution in [0.15, 0.2) is 35.4 Å². The Hall–Kier alpha value is -2.70. The highest BCUT2D eigenvalue weighted by molar-refractivity contribution is 5.81. The number of hydrogen-bond donors (Lipinski definition) is 2. The molecule has 116 valence electrons. The molecule has 0 aliphatic carbocycles. The highest BCUT2D eigenvalue weighted by Crippen LogP contribution is 2.08. The molecule has 2 N–H and O–H groups in total. The fourth-order valence-corrected chi connectivity index (χ4v) is 2.08. The van der Waals surface area contributed by atoms with E-state index in [0.29, 0.717) is 17.3 Å². The average molecular weight is 303 g/mol. The maximum absolute atomic E-state index is 12.4. The van der Waals surface area contributed by atoms with Crippen LogP contribution < -0.4 is 10.9 Å². The van der Waals surface area contributed by atoms with E-state index in [4.69, 9.17) is 5.11 Å². The molecule has 0 saturated heterocycles. The molecule has 2 aromatic rings. The van der Waals surface area contributed by atoms with Crippen LogP contribution in [-0.4, -0.2) is 33.1 Å². The smallest absolute Gasteiger partial charge is 0.303 e. The fraction of sp³-hybridized carbons (Fsp3) is 0.333. The number of nitrogens with zero attached hydrogens (tertiary/aromatic N) is 2. The van der Waals surface area contributed by atoms with Gasteiger partial charge < -0.3 is 10.4 Å². The number of fused-ring (bicyclic) bond motifs is 1. The molecule has 0 aliphatic heterocycles. The predicted molar refractivity (Wildman–Crippen MR) is 80.6 cm³/mol. The van der Waals surface area contributed by atoms with Gasteiger partial charge in [-0.2, -0.15) is 0 Å². The molecule has 0 radical (unpaired) electrons. The van der Waals surface area contributed by atoms with E-state index in [1.807, 2.05) is 0 Å². The third-order valence-corrected chi connectivity index (χ3v) is 3.35. The third kappa shape index (κ3) is 3.49. The van der Waals surface area contributed by atoms with Gasteiger partial charge in [-0.25, -0.2) is 4.98 Å². The SMILES string of the molecule is C[C@@H](C(=O)NCCCC(=O)O)n1cnc2ccccc2c1=O. The molecule has 22 heavy (non-hydrogen) atoms. The number of aromatic nitrogens is 2. The molecule has 0 aliphatic rings. The predicted octanol–water partition coefficient (Wildman–Crippen LogP) is 0.938. The Labute approximate surface area is 126 Å². The van der Waals surface area contributed by atoms with E-state index in [2.05, 4.69) is 10.3 Å². The standard InChI is InChI=1S/C15H17N3O4/c1-10(14(21)16-8-4-7-13(19)20)18-9-17-12-6-3-2-5-11(12)15(18)22/h2-3,5-6,9-10H,4,7-8H2,1H3,(H,16,21)(H,19,20)/t10-/m0/s1. The number of carboxylic acid groups (broad SMARTS) is 1. The summed E-state index contributed by atoms with van der Waals surface area (Å²) < 4.78 is 1.27. The minimum absolute atomic E-state index is 0.00780. The summed E-state index contributed by atoms with van der Waals surface area (Å²) in [6, 6.07) is 6.22. The maximum atomic E-state index is 12.4. The Morgan fingerprint density at radius 2 is 2.09 bits per heavy atom. The molecule has 1 atom stereocenters. The van der Waals surface area contributed by atoms with Gasteiger partial charge in [0, 0.05) is 13.0 Å². The normalized spacial score (nSPS) is 12.0. The van der Waals surface area contributed by atoms with Gasteiger partial charge in [0.2, 0.25) is 5.91 Å². The number of carboxylic acids is 1. The zero-order chi connectivity index (χ0) is 16.1. The molecular formula is C15H17N3O4. The van der Waals surface area contributed by atoms with Crippen molar-refractivity contribution in [3.8, 4) is 0 Å². The van der Waals surface area contributed by atoms with Gasteiger partial charge in [-0.1, -0.05) is 12.1 Å². The van der Waals surface area contributed by atoms with Crippen LogP contribution in [0, 0.1) is 0 Å². The third-order valence-electron chi connectivity index (χ3n) is 3.35.